The van der Waals surface area contributed by atoms with Gasteiger partial charge in [-0.05, 0) is 54.4 Å². The Morgan fingerprint density at radius 1 is 1.16 bits per heavy atom. The molecule has 1 unspecified atom stereocenters. The van der Waals surface area contributed by atoms with Gasteiger partial charge in [0.1, 0.15) is 0 Å². The predicted molar refractivity (Wildman–Crippen MR) is 132 cm³/mol. The Kier molecular flexibility index (Phi) is 7.77. The van der Waals surface area contributed by atoms with Gasteiger partial charge in [-0.1, -0.05) is 30.8 Å². The van der Waals surface area contributed by atoms with Crippen molar-refractivity contribution in [3.63, 3.8) is 0 Å². The van der Waals surface area contributed by atoms with Gasteiger partial charge in [-0.3, -0.25) is 9.59 Å². The first kappa shape index (κ1) is 26.1. The Bertz CT molecular complexity index is 1290. The third-order valence-corrected chi connectivity index (χ3v) is 6.59. The maximum absolute atomic E-state index is 12.8. The van der Waals surface area contributed by atoms with Crippen LogP contribution in [0.2, 0.25) is 0 Å². The second-order valence-corrected chi connectivity index (χ2v) is 9.02. The van der Waals surface area contributed by atoms with E-state index in [1.54, 1.807) is 36.4 Å². The molecule has 194 valence electrons. The highest BCUT2D eigenvalue weighted by molar-refractivity contribution is 8.14. The van der Waals surface area contributed by atoms with Crippen LogP contribution >= 0.6 is 11.8 Å². The lowest BCUT2D eigenvalue weighted by Crippen LogP contribution is -2.34. The van der Waals surface area contributed by atoms with E-state index in [4.69, 9.17) is 9.15 Å². The van der Waals surface area contributed by atoms with Crippen LogP contribution in [0.15, 0.2) is 70.4 Å². The SMILES string of the molecule is CCC1SC(=O)N(Cc2ccc(NC(=O)c3ccco3)cc2)N=C1c1ccc(OC(F)(F)F)c(OC)c1. The van der Waals surface area contributed by atoms with E-state index in [9.17, 15) is 22.8 Å². The molecule has 2 amide bonds. The molecule has 2 heterocycles. The molecule has 0 fully saturated rings. The molecule has 2 aromatic carbocycles. The zero-order valence-electron chi connectivity index (χ0n) is 19.7. The van der Waals surface area contributed by atoms with Crippen molar-refractivity contribution in [2.45, 2.75) is 31.5 Å². The molecule has 1 aromatic heterocycles. The number of methoxy groups -OCH3 is 1. The highest BCUT2D eigenvalue weighted by Gasteiger charge is 2.34. The number of furan rings is 1. The van der Waals surface area contributed by atoms with Gasteiger partial charge in [0.25, 0.3) is 5.91 Å². The molecular weight excluding hydrogens is 511 g/mol. The van der Waals surface area contributed by atoms with E-state index in [0.29, 0.717) is 23.4 Å². The van der Waals surface area contributed by atoms with E-state index in [2.05, 4.69) is 15.2 Å². The summed E-state index contributed by atoms with van der Waals surface area (Å²) in [4.78, 5) is 24.9. The second-order valence-electron chi connectivity index (χ2n) is 7.87. The number of hydrogen-bond donors (Lipinski definition) is 1. The smallest absolute Gasteiger partial charge is 0.493 e. The average molecular weight is 534 g/mol. The van der Waals surface area contributed by atoms with Gasteiger partial charge in [-0.2, -0.15) is 5.10 Å². The number of thioether (sulfide) groups is 1. The number of alkyl halides is 3. The number of benzene rings is 2. The molecule has 0 radical (unpaired) electrons. The van der Waals surface area contributed by atoms with Crippen molar-refractivity contribution in [2.75, 3.05) is 12.4 Å². The van der Waals surface area contributed by atoms with Gasteiger partial charge in [-0.15, -0.1) is 13.2 Å². The molecule has 37 heavy (non-hydrogen) atoms. The minimum Gasteiger partial charge on any atom is -0.493 e. The van der Waals surface area contributed by atoms with Crippen LogP contribution in [-0.4, -0.2) is 40.6 Å². The molecule has 0 bridgehead atoms. The number of amides is 2. The van der Waals surface area contributed by atoms with Gasteiger partial charge >= 0.3 is 11.6 Å². The van der Waals surface area contributed by atoms with Crippen molar-refractivity contribution >= 4 is 34.3 Å². The fraction of sp³-hybridized carbons (Fsp3) is 0.240. The molecule has 12 heteroatoms. The van der Waals surface area contributed by atoms with Crippen molar-refractivity contribution in [3.05, 3.63) is 77.7 Å². The molecule has 0 saturated carbocycles. The second kappa shape index (κ2) is 11.0. The van der Waals surface area contributed by atoms with Crippen molar-refractivity contribution in [1.29, 1.82) is 0 Å². The van der Waals surface area contributed by atoms with Gasteiger partial charge in [0, 0.05) is 11.3 Å². The maximum Gasteiger partial charge on any atom is 0.573 e. The first-order chi connectivity index (χ1) is 17.7. The van der Waals surface area contributed by atoms with E-state index in [1.165, 1.54) is 30.5 Å². The van der Waals surface area contributed by atoms with Crippen LogP contribution in [0.1, 0.15) is 35.0 Å². The fourth-order valence-corrected chi connectivity index (χ4v) is 4.53. The van der Waals surface area contributed by atoms with Crippen LogP contribution in [0.3, 0.4) is 0 Å². The predicted octanol–water partition coefficient (Wildman–Crippen LogP) is 6.29. The number of halogens is 3. The van der Waals surface area contributed by atoms with Crippen molar-refractivity contribution in [3.8, 4) is 11.5 Å². The number of carbonyl (C=O) groups is 2. The number of ether oxygens (including phenoxy) is 2. The summed E-state index contributed by atoms with van der Waals surface area (Å²) in [5.41, 5.74) is 2.35. The Morgan fingerprint density at radius 3 is 2.54 bits per heavy atom. The number of rotatable bonds is 8. The molecule has 1 aliphatic heterocycles. The van der Waals surface area contributed by atoms with Crippen LogP contribution in [0.5, 0.6) is 11.5 Å². The summed E-state index contributed by atoms with van der Waals surface area (Å²) in [6.07, 6.45) is -2.88. The van der Waals surface area contributed by atoms with Crippen LogP contribution in [0.4, 0.5) is 23.7 Å². The molecule has 1 aliphatic rings. The number of hydrazone groups is 1. The molecule has 1 N–H and O–H groups in total. The Morgan fingerprint density at radius 2 is 1.92 bits per heavy atom. The maximum atomic E-state index is 12.8. The van der Waals surface area contributed by atoms with Crippen LogP contribution in [0.25, 0.3) is 0 Å². The van der Waals surface area contributed by atoms with Gasteiger partial charge < -0.3 is 19.2 Å². The minimum atomic E-state index is -4.86. The normalized spacial score (nSPS) is 15.8. The van der Waals surface area contributed by atoms with Crippen LogP contribution < -0.4 is 14.8 Å². The zero-order valence-corrected chi connectivity index (χ0v) is 20.6. The van der Waals surface area contributed by atoms with Crippen molar-refractivity contribution in [1.82, 2.24) is 5.01 Å². The Labute approximate surface area is 214 Å². The molecule has 0 saturated heterocycles. The molecule has 3 aromatic rings. The van der Waals surface area contributed by atoms with E-state index < -0.39 is 12.1 Å². The molecular formula is C25H22F3N3O5S. The van der Waals surface area contributed by atoms with Gasteiger partial charge in [0.05, 0.1) is 30.9 Å². The third-order valence-electron chi connectivity index (χ3n) is 5.33. The zero-order chi connectivity index (χ0) is 26.6. The molecule has 4 rings (SSSR count). The summed E-state index contributed by atoms with van der Waals surface area (Å²) in [6, 6.07) is 14.1. The Hall–Kier alpha value is -3.93. The quantitative estimate of drug-likeness (QED) is 0.366. The van der Waals surface area contributed by atoms with E-state index in [0.717, 1.165) is 23.4 Å². The first-order valence-electron chi connectivity index (χ1n) is 11.1. The summed E-state index contributed by atoms with van der Waals surface area (Å²) in [5, 5.41) is 8.02. The summed E-state index contributed by atoms with van der Waals surface area (Å²) < 4.78 is 52.3. The molecule has 0 spiro atoms. The summed E-state index contributed by atoms with van der Waals surface area (Å²) in [5.74, 6) is -0.777. The topological polar surface area (TPSA) is 93.4 Å². The van der Waals surface area contributed by atoms with Gasteiger partial charge in [0.2, 0.25) is 0 Å². The lowest BCUT2D eigenvalue weighted by atomic mass is 10.0. The highest BCUT2D eigenvalue weighted by Crippen LogP contribution is 2.36. The molecule has 8 nitrogen and oxygen atoms in total. The largest absolute Gasteiger partial charge is 0.573 e. The fourth-order valence-electron chi connectivity index (χ4n) is 3.60. The number of anilines is 1. The van der Waals surface area contributed by atoms with Gasteiger partial charge in [-0.25, -0.2) is 5.01 Å². The Balaban J connectivity index is 1.53. The molecule has 1 atom stereocenters. The van der Waals surface area contributed by atoms with Crippen LogP contribution in [-0.2, 0) is 6.54 Å². The number of carbonyl (C=O) groups excluding carboxylic acids is 2. The van der Waals surface area contributed by atoms with E-state index in [1.807, 2.05) is 6.92 Å². The summed E-state index contributed by atoms with van der Waals surface area (Å²) >= 11 is 1.09. The number of nitrogens with zero attached hydrogens (tertiary/aromatic N) is 2. The monoisotopic (exact) mass is 533 g/mol. The summed E-state index contributed by atoms with van der Waals surface area (Å²) in [6.45, 7) is 2.05. The van der Waals surface area contributed by atoms with Crippen LogP contribution in [0, 0.1) is 0 Å². The first-order valence-corrected chi connectivity index (χ1v) is 12.0. The van der Waals surface area contributed by atoms with Crippen molar-refractivity contribution < 1.29 is 36.7 Å². The van der Waals surface area contributed by atoms with E-state index in [-0.39, 0.29) is 34.5 Å². The third kappa shape index (κ3) is 6.45. The lowest BCUT2D eigenvalue weighted by molar-refractivity contribution is -0.275. The lowest BCUT2D eigenvalue weighted by Gasteiger charge is -2.28. The molecule has 0 aliphatic carbocycles. The summed E-state index contributed by atoms with van der Waals surface area (Å²) in [7, 11) is 1.24. The number of nitrogens with one attached hydrogen (secondary N) is 1. The average Bonchev–Trinajstić information content (AvgIpc) is 3.41. The highest BCUT2D eigenvalue weighted by atomic mass is 32.2. The number of hydrogen-bond acceptors (Lipinski definition) is 7. The standard InChI is InChI=1S/C25H22F3N3O5S/c1-3-21-22(16-8-11-18(20(13-16)34-2)36-25(26,27)28)30-31(24(33)37-21)14-15-6-9-17(10-7-15)29-23(32)19-5-4-12-35-19/h4-13,21H,3,14H2,1-2H3,(H,29,32). The minimum absolute atomic E-state index is 0.104. The van der Waals surface area contributed by atoms with Gasteiger partial charge in [0.15, 0.2) is 17.3 Å². The van der Waals surface area contributed by atoms with E-state index >= 15 is 0 Å². The van der Waals surface area contributed by atoms with Crippen molar-refractivity contribution in [2.24, 2.45) is 5.10 Å².